The molecule has 1 N–H and O–H groups in total. The lowest BCUT2D eigenvalue weighted by Gasteiger charge is -2.22. The van der Waals surface area contributed by atoms with Gasteiger partial charge in [0.1, 0.15) is 6.61 Å². The Kier molecular flexibility index (Phi) is 39.6. The molecule has 0 atom stereocenters. The van der Waals surface area contributed by atoms with Gasteiger partial charge in [0.2, 0.25) is 0 Å². The van der Waals surface area contributed by atoms with E-state index in [1.807, 2.05) is 0 Å². The third-order valence-electron chi connectivity index (χ3n) is 9.96. The van der Waals surface area contributed by atoms with Gasteiger partial charge in [0.25, 0.3) is 0 Å². The fourth-order valence-electron chi connectivity index (χ4n) is 6.64. The number of carbonyl (C=O) groups is 2. The quantitative estimate of drug-likeness (QED) is 0.0500. The summed E-state index contributed by atoms with van der Waals surface area (Å²) >= 11 is 0. The maximum Gasteiger partial charge on any atom is 0.305 e. The number of hydrogen-bond donors (Lipinski definition) is 1. The lowest BCUT2D eigenvalue weighted by molar-refractivity contribution is -0.145. The maximum atomic E-state index is 12.4. The number of ether oxygens (including phenoxy) is 2. The number of unbranched alkanes of at least 4 members (excludes halogenated alkanes) is 22. The molecule has 0 aromatic heterocycles. The van der Waals surface area contributed by atoms with Crippen LogP contribution in [0.2, 0.25) is 0 Å². The molecule has 0 unspecified atom stereocenters. The third kappa shape index (κ3) is 36.6. The molecule has 0 heterocycles. The molecule has 0 bridgehead atoms. The standard InChI is InChI=1S/C43H86N2O5/c1-4-7-10-13-16-17-18-21-30-40-49-42(47)31-24-22-28-33-44(37-39-46)34-29-23-25-32-43(48)50-41-38-45(35-26-19-14-11-8-5-2)36-27-20-15-12-9-6-3/h46H,4-41H2,1-3H3. The number of esters is 2. The van der Waals surface area contributed by atoms with E-state index in [1.54, 1.807) is 0 Å². The van der Waals surface area contributed by atoms with Gasteiger partial charge in [0, 0.05) is 25.9 Å². The topological polar surface area (TPSA) is 79.3 Å². The Hall–Kier alpha value is -1.18. The number of carbonyl (C=O) groups excluding carboxylic acids is 2. The van der Waals surface area contributed by atoms with Crippen molar-refractivity contribution in [2.75, 3.05) is 59.1 Å². The zero-order valence-electron chi connectivity index (χ0n) is 33.8. The Morgan fingerprint density at radius 1 is 0.380 bits per heavy atom. The van der Waals surface area contributed by atoms with Gasteiger partial charge in [-0.3, -0.25) is 14.5 Å². The number of aliphatic hydroxyl groups is 1. The molecule has 7 nitrogen and oxygen atoms in total. The zero-order chi connectivity index (χ0) is 36.6. The summed E-state index contributed by atoms with van der Waals surface area (Å²) in [6.45, 7) is 13.7. The highest BCUT2D eigenvalue weighted by Crippen LogP contribution is 2.12. The van der Waals surface area contributed by atoms with Crippen molar-refractivity contribution in [1.29, 1.82) is 0 Å². The Morgan fingerprint density at radius 3 is 1.10 bits per heavy atom. The van der Waals surface area contributed by atoms with Gasteiger partial charge in [-0.15, -0.1) is 0 Å². The molecule has 0 aliphatic rings. The molecule has 0 aromatic rings. The largest absolute Gasteiger partial charge is 0.466 e. The van der Waals surface area contributed by atoms with E-state index < -0.39 is 0 Å². The minimum Gasteiger partial charge on any atom is -0.466 e. The molecule has 0 aliphatic heterocycles. The van der Waals surface area contributed by atoms with Crippen LogP contribution in [0.25, 0.3) is 0 Å². The molecule has 0 aromatic carbocycles. The first-order valence-corrected chi connectivity index (χ1v) is 21.9. The lowest BCUT2D eigenvalue weighted by Crippen LogP contribution is -2.30. The molecular formula is C43H86N2O5. The lowest BCUT2D eigenvalue weighted by atomic mass is 10.1. The number of nitrogens with zero attached hydrogens (tertiary/aromatic N) is 2. The zero-order valence-corrected chi connectivity index (χ0v) is 33.8. The summed E-state index contributed by atoms with van der Waals surface area (Å²) in [5.41, 5.74) is 0. The van der Waals surface area contributed by atoms with Gasteiger partial charge in [-0.05, 0) is 71.1 Å². The second-order valence-corrected chi connectivity index (χ2v) is 14.8. The van der Waals surface area contributed by atoms with Gasteiger partial charge in [0.15, 0.2) is 0 Å². The Morgan fingerprint density at radius 2 is 0.700 bits per heavy atom. The summed E-state index contributed by atoms with van der Waals surface area (Å²) in [5, 5.41) is 9.52. The molecule has 7 heteroatoms. The van der Waals surface area contributed by atoms with E-state index >= 15 is 0 Å². The highest BCUT2D eigenvalue weighted by Gasteiger charge is 2.10. The molecule has 0 saturated heterocycles. The summed E-state index contributed by atoms with van der Waals surface area (Å²) in [6, 6.07) is 0. The fraction of sp³-hybridized carbons (Fsp3) is 0.953. The van der Waals surface area contributed by atoms with Crippen molar-refractivity contribution in [2.24, 2.45) is 0 Å². The van der Waals surface area contributed by atoms with Crippen LogP contribution in [0.15, 0.2) is 0 Å². The Bertz CT molecular complexity index is 691. The molecule has 50 heavy (non-hydrogen) atoms. The van der Waals surface area contributed by atoms with Crippen LogP contribution in [-0.4, -0.2) is 85.9 Å². The summed E-state index contributed by atoms with van der Waals surface area (Å²) < 4.78 is 11.1. The molecule has 0 aliphatic carbocycles. The molecule has 0 spiro atoms. The van der Waals surface area contributed by atoms with E-state index in [-0.39, 0.29) is 18.5 Å². The van der Waals surface area contributed by atoms with Crippen LogP contribution in [0.4, 0.5) is 0 Å². The van der Waals surface area contributed by atoms with E-state index in [2.05, 4.69) is 30.6 Å². The van der Waals surface area contributed by atoms with Crippen LogP contribution >= 0.6 is 0 Å². The van der Waals surface area contributed by atoms with Crippen LogP contribution < -0.4 is 0 Å². The summed E-state index contributed by atoms with van der Waals surface area (Å²) in [4.78, 5) is 29.3. The number of aliphatic hydroxyl groups excluding tert-OH is 1. The van der Waals surface area contributed by atoms with Crippen molar-refractivity contribution in [3.05, 3.63) is 0 Å². The van der Waals surface area contributed by atoms with Crippen molar-refractivity contribution in [2.45, 2.75) is 207 Å². The third-order valence-corrected chi connectivity index (χ3v) is 9.96. The molecule has 0 rings (SSSR count). The molecule has 0 amide bonds. The van der Waals surface area contributed by atoms with Crippen LogP contribution in [0.1, 0.15) is 207 Å². The SMILES string of the molecule is CCCCCCCCCCCOC(=O)CCCCCN(CCO)CCCCCC(=O)OCCN(CCCCCCCC)CCCCCCCC. The minimum absolute atomic E-state index is 0.0611. The molecular weight excluding hydrogens is 624 g/mol. The van der Waals surface area contributed by atoms with Gasteiger partial charge in [0.05, 0.1) is 13.2 Å². The molecule has 0 saturated carbocycles. The first kappa shape index (κ1) is 48.8. The van der Waals surface area contributed by atoms with Crippen LogP contribution in [-0.2, 0) is 19.1 Å². The van der Waals surface area contributed by atoms with Crippen LogP contribution in [0.3, 0.4) is 0 Å². The van der Waals surface area contributed by atoms with Crippen LogP contribution in [0, 0.1) is 0 Å². The second-order valence-electron chi connectivity index (χ2n) is 14.8. The van der Waals surface area contributed by atoms with Crippen molar-refractivity contribution >= 4 is 11.9 Å². The van der Waals surface area contributed by atoms with E-state index in [9.17, 15) is 14.7 Å². The summed E-state index contributed by atoms with van der Waals surface area (Å²) in [6.07, 6.45) is 33.9. The van der Waals surface area contributed by atoms with Gasteiger partial charge >= 0.3 is 11.9 Å². The van der Waals surface area contributed by atoms with E-state index in [0.717, 1.165) is 84.1 Å². The van der Waals surface area contributed by atoms with E-state index in [0.29, 0.717) is 32.6 Å². The first-order chi connectivity index (χ1) is 24.6. The highest BCUT2D eigenvalue weighted by atomic mass is 16.5. The van der Waals surface area contributed by atoms with Crippen molar-refractivity contribution in [3.8, 4) is 0 Å². The summed E-state index contributed by atoms with van der Waals surface area (Å²) in [5.74, 6) is -0.128. The monoisotopic (exact) mass is 711 g/mol. The maximum absolute atomic E-state index is 12.4. The number of rotatable bonds is 41. The average molecular weight is 711 g/mol. The van der Waals surface area contributed by atoms with Crippen molar-refractivity contribution in [3.63, 3.8) is 0 Å². The van der Waals surface area contributed by atoms with Gasteiger partial charge in [-0.1, -0.05) is 149 Å². The Labute approximate surface area is 311 Å². The normalized spacial score (nSPS) is 11.6. The molecule has 0 radical (unpaired) electrons. The molecule has 298 valence electrons. The van der Waals surface area contributed by atoms with Crippen molar-refractivity contribution in [1.82, 2.24) is 9.80 Å². The predicted molar refractivity (Wildman–Crippen MR) is 213 cm³/mol. The van der Waals surface area contributed by atoms with Crippen molar-refractivity contribution < 1.29 is 24.2 Å². The second kappa shape index (κ2) is 40.6. The minimum atomic E-state index is -0.0667. The van der Waals surface area contributed by atoms with Crippen LogP contribution in [0.5, 0.6) is 0 Å². The van der Waals surface area contributed by atoms with E-state index in [4.69, 9.17) is 9.47 Å². The summed E-state index contributed by atoms with van der Waals surface area (Å²) in [7, 11) is 0. The fourth-order valence-corrected chi connectivity index (χ4v) is 6.64. The highest BCUT2D eigenvalue weighted by molar-refractivity contribution is 5.69. The number of hydrogen-bond acceptors (Lipinski definition) is 7. The van der Waals surface area contributed by atoms with Gasteiger partial charge in [-0.2, -0.15) is 0 Å². The van der Waals surface area contributed by atoms with E-state index in [1.165, 1.54) is 122 Å². The first-order valence-electron chi connectivity index (χ1n) is 21.9. The average Bonchev–Trinajstić information content (AvgIpc) is 3.11. The van der Waals surface area contributed by atoms with Gasteiger partial charge in [-0.25, -0.2) is 0 Å². The Balaban J connectivity index is 3.96. The molecule has 0 fully saturated rings. The predicted octanol–water partition coefficient (Wildman–Crippen LogP) is 11.0. The smallest absolute Gasteiger partial charge is 0.305 e. The van der Waals surface area contributed by atoms with Gasteiger partial charge < -0.3 is 19.5 Å².